The number of Topliss-reactive ketones (excluding diaryl/α,β-unsaturated/α-hetero) is 2. The number of allylic oxidation sites excluding steroid dienone is 1. The molecule has 2 heterocycles. The van der Waals surface area contributed by atoms with Gasteiger partial charge in [0.2, 0.25) is 0 Å². The average Bonchev–Trinajstić information content (AvgIpc) is 3.63. The van der Waals surface area contributed by atoms with Gasteiger partial charge in [0, 0.05) is 44.3 Å². The number of anilines is 3. The van der Waals surface area contributed by atoms with Gasteiger partial charge in [-0.3, -0.25) is 9.59 Å². The molecule has 0 atom stereocenters. The summed E-state index contributed by atoms with van der Waals surface area (Å²) in [6.07, 6.45) is 1.59. The highest BCUT2D eigenvalue weighted by atomic mass is 32.1. The maximum Gasteiger partial charge on any atom is 0.197 e. The smallest absolute Gasteiger partial charge is 0.197 e. The Kier molecular flexibility index (Phi) is 6.72. The fraction of sp³-hybridized carbons (Fsp3) is 0.200. The van der Waals surface area contributed by atoms with Crippen LogP contribution in [0.2, 0.25) is 0 Å². The van der Waals surface area contributed by atoms with Crippen LogP contribution in [0.15, 0.2) is 107 Å². The van der Waals surface area contributed by atoms with Crippen LogP contribution in [0.4, 0.5) is 17.1 Å². The number of nitrogens with zero attached hydrogens (tertiary/aromatic N) is 1. The first-order chi connectivity index (χ1) is 21.4. The normalized spacial score (nSPS) is 13.6. The van der Waals surface area contributed by atoms with Gasteiger partial charge >= 0.3 is 0 Å². The summed E-state index contributed by atoms with van der Waals surface area (Å²) in [4.78, 5) is 28.1. The van der Waals surface area contributed by atoms with Crippen molar-refractivity contribution in [3.05, 3.63) is 131 Å². The summed E-state index contributed by atoms with van der Waals surface area (Å²) in [5, 5.41) is 1.00. The first-order valence-corrected chi connectivity index (χ1v) is 16.1. The van der Waals surface area contributed by atoms with Crippen LogP contribution in [0.1, 0.15) is 79.1 Å². The Morgan fingerprint density at radius 1 is 0.622 bits per heavy atom. The second-order valence-electron chi connectivity index (χ2n) is 13.8. The number of furan rings is 1. The highest BCUT2D eigenvalue weighted by Crippen LogP contribution is 2.43. The van der Waals surface area contributed by atoms with Crippen LogP contribution in [0.25, 0.3) is 26.4 Å². The van der Waals surface area contributed by atoms with E-state index in [1.807, 2.05) is 6.07 Å². The lowest BCUT2D eigenvalue weighted by Gasteiger charge is -2.28. The molecular weight excluding hydrogens is 575 g/mol. The summed E-state index contributed by atoms with van der Waals surface area (Å²) < 4.78 is 8.33. The number of benzene rings is 4. The lowest BCUT2D eigenvalue weighted by molar-refractivity contribution is 0.0990. The van der Waals surface area contributed by atoms with Gasteiger partial charge < -0.3 is 9.32 Å². The van der Waals surface area contributed by atoms with Crippen LogP contribution in [-0.2, 0) is 10.8 Å². The standard InChI is InChI=1S/C40H35NO3S/c1-39(2,3)24-11-15-26(16-12-24)41(27-17-13-25(14-18-27)40(4,5)6)28-19-20-32-34(21-28)45-35-23-29(44-38(32)35)22-33-36(42)30-9-7-8-10-31(30)37(33)43/h7-23H,1-6H3. The molecule has 4 nitrogen and oxygen atoms in total. The molecule has 0 N–H and O–H groups in total. The number of fused-ring (bicyclic) bond motifs is 4. The van der Waals surface area contributed by atoms with E-state index < -0.39 is 0 Å². The largest absolute Gasteiger partial charge is 0.455 e. The molecule has 0 aliphatic heterocycles. The van der Waals surface area contributed by atoms with Crippen LogP contribution in [-0.4, -0.2) is 11.6 Å². The monoisotopic (exact) mass is 609 g/mol. The molecule has 7 rings (SSSR count). The molecule has 45 heavy (non-hydrogen) atoms. The molecule has 224 valence electrons. The second-order valence-corrected chi connectivity index (χ2v) is 14.9. The number of hydrogen-bond acceptors (Lipinski definition) is 5. The van der Waals surface area contributed by atoms with Crippen LogP contribution in [0.5, 0.6) is 0 Å². The molecule has 0 radical (unpaired) electrons. The second kappa shape index (κ2) is 10.4. The molecule has 0 spiro atoms. The van der Waals surface area contributed by atoms with E-state index >= 15 is 0 Å². The van der Waals surface area contributed by atoms with Gasteiger partial charge in [0.05, 0.1) is 10.3 Å². The molecule has 0 unspecified atom stereocenters. The molecule has 0 fully saturated rings. The van der Waals surface area contributed by atoms with Crippen molar-refractivity contribution in [2.24, 2.45) is 0 Å². The van der Waals surface area contributed by atoms with E-state index in [0.717, 1.165) is 37.4 Å². The Balaban J connectivity index is 1.28. The van der Waals surface area contributed by atoms with Gasteiger partial charge in [-0.25, -0.2) is 0 Å². The summed E-state index contributed by atoms with van der Waals surface area (Å²) in [5.74, 6) is -0.00161. The van der Waals surface area contributed by atoms with E-state index in [9.17, 15) is 9.59 Å². The lowest BCUT2D eigenvalue weighted by atomic mass is 9.86. The number of carbonyl (C=O) groups excluding carboxylic acids is 2. The van der Waals surface area contributed by atoms with E-state index in [1.165, 1.54) is 11.1 Å². The number of carbonyl (C=O) groups is 2. The first kappa shape index (κ1) is 29.0. The number of thiophene rings is 1. The topological polar surface area (TPSA) is 50.5 Å². The summed E-state index contributed by atoms with van der Waals surface area (Å²) in [6, 6.07) is 33.0. The maximum atomic E-state index is 12.9. The molecule has 0 saturated heterocycles. The third-order valence-corrected chi connectivity index (χ3v) is 9.66. The van der Waals surface area contributed by atoms with Gasteiger partial charge in [0.1, 0.15) is 5.76 Å². The maximum absolute atomic E-state index is 12.9. The molecule has 6 aromatic rings. The minimum atomic E-state index is -0.254. The van der Waals surface area contributed by atoms with Crippen LogP contribution in [0.3, 0.4) is 0 Å². The molecule has 1 aliphatic rings. The fourth-order valence-corrected chi connectivity index (χ4v) is 7.09. The molecule has 0 bridgehead atoms. The SMILES string of the molecule is CC(C)(C)c1ccc(N(c2ccc(C(C)(C)C)cc2)c2ccc3c(c2)sc2cc(C=C4C(=O)c5ccccc5C4=O)oc23)cc1. The summed E-state index contributed by atoms with van der Waals surface area (Å²) in [6.45, 7) is 13.4. The quantitative estimate of drug-likeness (QED) is 0.147. The minimum Gasteiger partial charge on any atom is -0.455 e. The molecule has 0 saturated carbocycles. The average molecular weight is 610 g/mol. The summed E-state index contributed by atoms with van der Waals surface area (Å²) >= 11 is 1.64. The van der Waals surface area contributed by atoms with E-state index in [0.29, 0.717) is 16.9 Å². The molecule has 5 heteroatoms. The third-order valence-electron chi connectivity index (χ3n) is 8.58. The molecule has 1 aliphatic carbocycles. The summed E-state index contributed by atoms with van der Waals surface area (Å²) in [7, 11) is 0. The van der Waals surface area contributed by atoms with Gasteiger partial charge in [-0.05, 0) is 70.5 Å². The van der Waals surface area contributed by atoms with Crippen molar-refractivity contribution in [2.75, 3.05) is 4.90 Å². The van der Waals surface area contributed by atoms with Crippen molar-refractivity contribution >= 4 is 66.4 Å². The zero-order valence-corrected chi connectivity index (χ0v) is 27.2. The molecule has 2 aromatic heterocycles. The molecular formula is C40H35NO3S. The zero-order chi connectivity index (χ0) is 31.7. The van der Waals surface area contributed by atoms with Gasteiger partial charge in [-0.2, -0.15) is 0 Å². The van der Waals surface area contributed by atoms with Crippen LogP contribution in [0, 0.1) is 0 Å². The third kappa shape index (κ3) is 5.11. The zero-order valence-electron chi connectivity index (χ0n) is 26.4. The predicted molar refractivity (Wildman–Crippen MR) is 187 cm³/mol. The van der Waals surface area contributed by atoms with Crippen LogP contribution < -0.4 is 4.90 Å². The van der Waals surface area contributed by atoms with Crippen molar-refractivity contribution in [3.8, 4) is 0 Å². The van der Waals surface area contributed by atoms with Crippen LogP contribution >= 0.6 is 11.3 Å². The fourth-order valence-electron chi connectivity index (χ4n) is 5.98. The Bertz CT molecular complexity index is 2050. The lowest BCUT2D eigenvalue weighted by Crippen LogP contribution is -2.14. The van der Waals surface area contributed by atoms with E-state index in [-0.39, 0.29) is 28.0 Å². The minimum absolute atomic E-state index is 0.0682. The highest BCUT2D eigenvalue weighted by molar-refractivity contribution is 7.25. The Hall–Kier alpha value is -4.74. The van der Waals surface area contributed by atoms with E-state index in [2.05, 4.69) is 113 Å². The predicted octanol–water partition coefficient (Wildman–Crippen LogP) is 11.2. The van der Waals surface area contributed by atoms with Crippen molar-refractivity contribution in [2.45, 2.75) is 52.4 Å². The van der Waals surface area contributed by atoms with Crippen molar-refractivity contribution < 1.29 is 14.0 Å². The Labute approximate surface area is 267 Å². The number of hydrogen-bond donors (Lipinski definition) is 0. The van der Waals surface area contributed by atoms with Crippen molar-refractivity contribution in [1.82, 2.24) is 0 Å². The Morgan fingerprint density at radius 3 is 1.64 bits per heavy atom. The summed E-state index contributed by atoms with van der Waals surface area (Å²) in [5.41, 5.74) is 7.76. The Morgan fingerprint density at radius 2 is 1.13 bits per heavy atom. The first-order valence-electron chi connectivity index (χ1n) is 15.3. The molecule has 0 amide bonds. The number of ketones is 2. The van der Waals surface area contributed by atoms with Crippen molar-refractivity contribution in [3.63, 3.8) is 0 Å². The van der Waals surface area contributed by atoms with Gasteiger partial charge in [-0.1, -0.05) is 90.1 Å². The van der Waals surface area contributed by atoms with Gasteiger partial charge in [0.15, 0.2) is 17.1 Å². The van der Waals surface area contributed by atoms with Crippen molar-refractivity contribution in [1.29, 1.82) is 0 Å². The van der Waals surface area contributed by atoms with E-state index in [4.69, 9.17) is 4.42 Å². The molecule has 4 aromatic carbocycles. The van der Waals surface area contributed by atoms with Gasteiger partial charge in [0.25, 0.3) is 0 Å². The number of rotatable bonds is 4. The van der Waals surface area contributed by atoms with Gasteiger partial charge in [-0.15, -0.1) is 11.3 Å². The highest BCUT2D eigenvalue weighted by Gasteiger charge is 2.33. The van der Waals surface area contributed by atoms with E-state index in [1.54, 1.807) is 41.7 Å².